The highest BCUT2D eigenvalue weighted by molar-refractivity contribution is 7.93. The van der Waals surface area contributed by atoms with Crippen molar-refractivity contribution < 1.29 is 26.7 Å². The molecule has 0 aliphatic carbocycles. The number of likely N-dealkylation sites (tertiary alicyclic amines) is 1. The molecule has 4 rings (SSSR count). The number of benzene rings is 2. The van der Waals surface area contributed by atoms with Gasteiger partial charge in [-0.15, -0.1) is 15.6 Å². The molecule has 0 saturated carbocycles. The van der Waals surface area contributed by atoms with Gasteiger partial charge in [0.25, 0.3) is 10.0 Å². The molecule has 2 heterocycles. The molecule has 0 spiro atoms. The van der Waals surface area contributed by atoms with E-state index in [1.54, 1.807) is 32.9 Å². The van der Waals surface area contributed by atoms with Crippen LogP contribution < -0.4 is 9.62 Å². The highest BCUT2D eigenvalue weighted by atomic mass is 35.5. The highest BCUT2D eigenvalue weighted by Crippen LogP contribution is 2.33. The van der Waals surface area contributed by atoms with E-state index in [0.717, 1.165) is 55.1 Å². The summed E-state index contributed by atoms with van der Waals surface area (Å²) in [4.78, 5) is 18.2. The number of ether oxygens (including phenoxy) is 1. The number of amides is 1. The summed E-state index contributed by atoms with van der Waals surface area (Å²) in [5.41, 5.74) is 1.72. The summed E-state index contributed by atoms with van der Waals surface area (Å²) < 4.78 is 62.2. The van der Waals surface area contributed by atoms with E-state index in [4.69, 9.17) is 16.3 Å². The Morgan fingerprint density at radius 3 is 2.56 bits per heavy atom. The zero-order valence-corrected chi connectivity index (χ0v) is 24.1. The number of thiazole rings is 1. The Morgan fingerprint density at radius 1 is 1.21 bits per heavy atom. The van der Waals surface area contributed by atoms with Crippen molar-refractivity contribution in [3.05, 3.63) is 69.0 Å². The molecule has 0 bridgehead atoms. The van der Waals surface area contributed by atoms with Crippen LogP contribution in [0.5, 0.6) is 0 Å². The van der Waals surface area contributed by atoms with E-state index in [9.17, 15) is 17.6 Å². The molecule has 8 nitrogen and oxygen atoms in total. The maximum Gasteiger partial charge on any atom is 0.430 e. The molecule has 1 amide bonds. The molecule has 1 fully saturated rings. The number of hydrogen-bond acceptors (Lipinski definition) is 8. The zero-order chi connectivity index (χ0) is 28.4. The van der Waals surface area contributed by atoms with Crippen LogP contribution in [0.25, 0.3) is 0 Å². The second-order valence-electron chi connectivity index (χ2n) is 10.1. The van der Waals surface area contributed by atoms with Gasteiger partial charge in [0.15, 0.2) is 5.82 Å². The summed E-state index contributed by atoms with van der Waals surface area (Å²) in [5, 5.41) is 4.07. The summed E-state index contributed by atoms with van der Waals surface area (Å²) in [5.74, 6) is -1.83. The number of aromatic nitrogens is 1. The van der Waals surface area contributed by atoms with Crippen LogP contribution in [0.2, 0.25) is 5.02 Å². The molecule has 1 saturated heterocycles. The lowest BCUT2D eigenvalue weighted by atomic mass is 10.1. The van der Waals surface area contributed by atoms with E-state index < -0.39 is 38.2 Å². The third-order valence-corrected chi connectivity index (χ3v) is 8.54. The van der Waals surface area contributed by atoms with Crippen LogP contribution in [0.3, 0.4) is 0 Å². The second-order valence-corrected chi connectivity index (χ2v) is 13.0. The number of carbonyl (C=O) groups excluding carboxylic acids is 1. The van der Waals surface area contributed by atoms with Crippen molar-refractivity contribution in [2.24, 2.45) is 0 Å². The first-order valence-electron chi connectivity index (χ1n) is 12.2. The molecule has 1 aliphatic heterocycles. The number of anilines is 2. The van der Waals surface area contributed by atoms with Gasteiger partial charge < -0.3 is 15.0 Å². The normalized spacial score (nSPS) is 14.1. The van der Waals surface area contributed by atoms with E-state index in [1.807, 2.05) is 0 Å². The number of halogens is 3. The van der Waals surface area contributed by atoms with Gasteiger partial charge in [0.1, 0.15) is 22.1 Å². The van der Waals surface area contributed by atoms with Crippen LogP contribution in [0.4, 0.5) is 25.1 Å². The summed E-state index contributed by atoms with van der Waals surface area (Å²) in [6, 6.07) is 6.68. The van der Waals surface area contributed by atoms with Gasteiger partial charge >= 0.3 is 6.09 Å². The largest absolute Gasteiger partial charge is 0.443 e. The average molecular weight is 599 g/mol. The van der Waals surface area contributed by atoms with E-state index in [1.165, 1.54) is 23.4 Å². The molecule has 3 aromatic rings. The number of carbonyl (C=O) groups is 1. The summed E-state index contributed by atoms with van der Waals surface area (Å²) in [6.07, 6.45) is 0.734. The van der Waals surface area contributed by atoms with Crippen molar-refractivity contribution in [3.8, 4) is 0 Å². The minimum Gasteiger partial charge on any atom is -0.443 e. The highest BCUT2D eigenvalue weighted by Gasteiger charge is 2.38. The minimum atomic E-state index is -4.80. The van der Waals surface area contributed by atoms with Crippen LogP contribution in [0, 0.1) is 11.6 Å². The van der Waals surface area contributed by atoms with Gasteiger partial charge in [-0.3, -0.25) is 0 Å². The van der Waals surface area contributed by atoms with Gasteiger partial charge in [0, 0.05) is 24.0 Å². The van der Waals surface area contributed by atoms with Gasteiger partial charge in [0.2, 0.25) is 0 Å². The maximum atomic E-state index is 15.3. The lowest BCUT2D eigenvalue weighted by Crippen LogP contribution is -2.41. The van der Waals surface area contributed by atoms with Crippen LogP contribution in [0.15, 0.2) is 46.1 Å². The maximum absolute atomic E-state index is 15.3. The Kier molecular flexibility index (Phi) is 8.79. The monoisotopic (exact) mass is 598 g/mol. The lowest BCUT2D eigenvalue weighted by Gasteiger charge is -2.30. The fourth-order valence-corrected chi connectivity index (χ4v) is 6.11. The van der Waals surface area contributed by atoms with E-state index in [2.05, 4.69) is 15.2 Å². The number of sulfonamides is 1. The predicted octanol–water partition coefficient (Wildman–Crippen LogP) is 6.07. The molecule has 0 radical (unpaired) electrons. The van der Waals surface area contributed by atoms with Gasteiger partial charge in [0.05, 0.1) is 16.2 Å². The van der Waals surface area contributed by atoms with Gasteiger partial charge in [-0.25, -0.2) is 27.0 Å². The van der Waals surface area contributed by atoms with Crippen molar-refractivity contribution in [2.75, 3.05) is 29.3 Å². The van der Waals surface area contributed by atoms with E-state index in [0.29, 0.717) is 9.87 Å². The topological polar surface area (TPSA) is 91.8 Å². The molecular formula is C26H29ClF2N4O4S2. The fourth-order valence-electron chi connectivity index (χ4n) is 3.89. The van der Waals surface area contributed by atoms with Gasteiger partial charge in [-0.2, -0.15) is 0 Å². The SMILES string of the molecule is CC(C)(C)OC(=O)N(c1cscn1)S(=O)(=O)c1cc(Cl)c(NCc2cc(CCN3CCC3)ccc2F)cc1F. The van der Waals surface area contributed by atoms with Crippen molar-refractivity contribution in [3.63, 3.8) is 0 Å². The first-order valence-corrected chi connectivity index (χ1v) is 15.0. The Labute approximate surface area is 235 Å². The zero-order valence-electron chi connectivity index (χ0n) is 21.7. The van der Waals surface area contributed by atoms with E-state index in [-0.39, 0.29) is 23.1 Å². The van der Waals surface area contributed by atoms with Gasteiger partial charge in [-0.05, 0) is 70.5 Å². The smallest absolute Gasteiger partial charge is 0.430 e. The van der Waals surface area contributed by atoms with Crippen LogP contribution in [0.1, 0.15) is 38.3 Å². The third-order valence-electron chi connectivity index (χ3n) is 5.97. The van der Waals surface area contributed by atoms with E-state index >= 15 is 4.39 Å². The molecule has 210 valence electrons. The van der Waals surface area contributed by atoms with Crippen LogP contribution >= 0.6 is 22.9 Å². The minimum absolute atomic E-state index is 0.00248. The molecular weight excluding hydrogens is 570 g/mol. The molecule has 1 N–H and O–H groups in total. The predicted molar refractivity (Wildman–Crippen MR) is 148 cm³/mol. The van der Waals surface area contributed by atoms with Crippen LogP contribution in [-0.2, 0) is 27.7 Å². The standard InChI is InChI=1S/C26H29ClF2N4O4S2/c1-26(2,3)37-25(34)33(24-15-38-16-31-24)39(35,36)23-12-19(27)22(13-21(23)29)30-14-18-11-17(5-6-20(18)28)7-10-32-8-4-9-32/h5-6,11-13,15-16,30H,4,7-10,14H2,1-3H3. The Balaban J connectivity index is 1.55. The molecule has 2 aromatic carbocycles. The summed E-state index contributed by atoms with van der Waals surface area (Å²) in [6.45, 7) is 7.75. The average Bonchev–Trinajstić information content (AvgIpc) is 3.32. The van der Waals surface area contributed by atoms with Crippen molar-refractivity contribution in [1.29, 1.82) is 0 Å². The molecule has 1 aromatic heterocycles. The first-order chi connectivity index (χ1) is 18.3. The quantitative estimate of drug-likeness (QED) is 0.320. The third kappa shape index (κ3) is 7.05. The Hall–Kier alpha value is -2.80. The molecule has 0 unspecified atom stereocenters. The summed E-state index contributed by atoms with van der Waals surface area (Å²) >= 11 is 7.38. The van der Waals surface area contributed by atoms with Gasteiger partial charge in [-0.1, -0.05) is 23.7 Å². The Bertz CT molecular complexity index is 1440. The number of nitrogens with zero attached hydrogens (tertiary/aromatic N) is 3. The van der Waals surface area contributed by atoms with Crippen molar-refractivity contribution >= 4 is 50.6 Å². The van der Waals surface area contributed by atoms with Crippen LogP contribution in [-0.4, -0.2) is 49.6 Å². The molecule has 13 heteroatoms. The van der Waals surface area contributed by atoms with Crippen molar-refractivity contribution in [1.82, 2.24) is 9.88 Å². The molecule has 1 aliphatic rings. The first kappa shape index (κ1) is 29.2. The lowest BCUT2D eigenvalue weighted by molar-refractivity contribution is 0.0608. The molecule has 0 atom stereocenters. The number of rotatable bonds is 9. The summed E-state index contributed by atoms with van der Waals surface area (Å²) in [7, 11) is -4.80. The fraction of sp³-hybridized carbons (Fsp3) is 0.385. The number of hydrogen-bond donors (Lipinski definition) is 1. The molecule has 39 heavy (non-hydrogen) atoms. The second kappa shape index (κ2) is 11.7. The Morgan fingerprint density at radius 2 is 1.95 bits per heavy atom. The van der Waals surface area contributed by atoms with Crippen molar-refractivity contribution in [2.45, 2.75) is 50.7 Å². The number of nitrogens with one attached hydrogen (secondary N) is 1.